The number of cyclic esters (lactones) is 1. The normalized spacial score (nSPS) is 32.9. The fourth-order valence-corrected chi connectivity index (χ4v) is 2.85. The molecule has 1 aliphatic carbocycles. The van der Waals surface area contributed by atoms with Crippen molar-refractivity contribution in [3.05, 3.63) is 0 Å². The monoisotopic (exact) mass is 254 g/mol. The molecular weight excluding hydrogens is 232 g/mol. The molecule has 4 heteroatoms. The van der Waals surface area contributed by atoms with Crippen LogP contribution in [0.1, 0.15) is 40.5 Å². The van der Waals surface area contributed by atoms with Crippen LogP contribution >= 0.6 is 0 Å². The van der Waals surface area contributed by atoms with Crippen LogP contribution in [-0.2, 0) is 19.1 Å². The van der Waals surface area contributed by atoms with Crippen LogP contribution in [0.5, 0.6) is 0 Å². The summed E-state index contributed by atoms with van der Waals surface area (Å²) in [5.74, 6) is 0.175. The third-order valence-corrected chi connectivity index (χ3v) is 3.98. The summed E-state index contributed by atoms with van der Waals surface area (Å²) >= 11 is 0. The second-order valence-electron chi connectivity index (χ2n) is 6.60. The Hall–Kier alpha value is -1.06. The van der Waals surface area contributed by atoms with E-state index in [0.717, 1.165) is 12.8 Å². The summed E-state index contributed by atoms with van der Waals surface area (Å²) in [6.45, 7) is 7.93. The van der Waals surface area contributed by atoms with E-state index < -0.39 is 5.41 Å². The number of hydrogen-bond acceptors (Lipinski definition) is 4. The van der Waals surface area contributed by atoms with Crippen molar-refractivity contribution in [2.75, 3.05) is 6.61 Å². The zero-order chi connectivity index (χ0) is 13.5. The van der Waals surface area contributed by atoms with Crippen molar-refractivity contribution >= 4 is 11.9 Å². The number of esters is 2. The lowest BCUT2D eigenvalue weighted by Gasteiger charge is -2.27. The molecule has 0 N–H and O–H groups in total. The Morgan fingerprint density at radius 1 is 1.39 bits per heavy atom. The molecule has 4 atom stereocenters. The van der Waals surface area contributed by atoms with Gasteiger partial charge in [-0.15, -0.1) is 0 Å². The first-order valence-electron chi connectivity index (χ1n) is 6.66. The van der Waals surface area contributed by atoms with Crippen molar-refractivity contribution in [1.82, 2.24) is 0 Å². The number of ether oxygens (including phenoxy) is 2. The molecule has 1 saturated carbocycles. The Kier molecular flexibility index (Phi) is 3.39. The van der Waals surface area contributed by atoms with Crippen molar-refractivity contribution < 1.29 is 19.1 Å². The van der Waals surface area contributed by atoms with Gasteiger partial charge in [0.1, 0.15) is 6.10 Å². The highest BCUT2D eigenvalue weighted by molar-refractivity contribution is 5.76. The lowest BCUT2D eigenvalue weighted by molar-refractivity contribution is -0.165. The summed E-state index contributed by atoms with van der Waals surface area (Å²) < 4.78 is 10.6. The van der Waals surface area contributed by atoms with Crippen molar-refractivity contribution in [3.63, 3.8) is 0 Å². The molecule has 0 aromatic rings. The summed E-state index contributed by atoms with van der Waals surface area (Å²) in [6, 6.07) is 0. The third-order valence-electron chi connectivity index (χ3n) is 3.98. The van der Waals surface area contributed by atoms with Gasteiger partial charge in [-0.3, -0.25) is 9.59 Å². The Labute approximate surface area is 108 Å². The predicted molar refractivity (Wildman–Crippen MR) is 65.7 cm³/mol. The van der Waals surface area contributed by atoms with Crippen LogP contribution in [0.4, 0.5) is 0 Å². The summed E-state index contributed by atoms with van der Waals surface area (Å²) in [4.78, 5) is 23.6. The number of carbonyl (C=O) groups is 2. The average molecular weight is 254 g/mol. The number of carbonyl (C=O) groups excluding carboxylic acids is 2. The zero-order valence-electron chi connectivity index (χ0n) is 11.6. The molecular formula is C14H22O4. The average Bonchev–Trinajstić information content (AvgIpc) is 2.62. The van der Waals surface area contributed by atoms with Gasteiger partial charge in [0.05, 0.1) is 17.9 Å². The molecule has 4 unspecified atom stereocenters. The smallest absolute Gasteiger partial charge is 0.311 e. The lowest BCUT2D eigenvalue weighted by atomic mass is 9.91. The first-order chi connectivity index (χ1) is 8.29. The van der Waals surface area contributed by atoms with Gasteiger partial charge in [0, 0.05) is 5.92 Å². The summed E-state index contributed by atoms with van der Waals surface area (Å²) in [5, 5.41) is 0. The van der Waals surface area contributed by atoms with Crippen molar-refractivity contribution in [2.24, 2.45) is 23.2 Å². The predicted octanol–water partition coefficient (Wildman–Crippen LogP) is 2.16. The molecule has 1 aliphatic heterocycles. The Balaban J connectivity index is 2.00. The van der Waals surface area contributed by atoms with Crippen molar-refractivity contribution in [2.45, 2.75) is 46.6 Å². The summed E-state index contributed by atoms with van der Waals surface area (Å²) in [5.41, 5.74) is -0.498. The highest BCUT2D eigenvalue weighted by Gasteiger charge is 2.47. The molecule has 102 valence electrons. The fraction of sp³-hybridized carbons (Fsp3) is 0.857. The molecule has 1 saturated heterocycles. The molecule has 0 amide bonds. The maximum Gasteiger partial charge on any atom is 0.311 e. The van der Waals surface area contributed by atoms with Crippen LogP contribution in [-0.4, -0.2) is 24.6 Å². The third kappa shape index (κ3) is 2.52. The van der Waals surface area contributed by atoms with Crippen LogP contribution in [0.15, 0.2) is 0 Å². The highest BCUT2D eigenvalue weighted by Crippen LogP contribution is 2.43. The summed E-state index contributed by atoms with van der Waals surface area (Å²) in [7, 11) is 0. The van der Waals surface area contributed by atoms with Crippen molar-refractivity contribution in [1.29, 1.82) is 0 Å². The largest absolute Gasteiger partial charge is 0.465 e. The lowest BCUT2D eigenvalue weighted by Crippen LogP contribution is -2.35. The van der Waals surface area contributed by atoms with Gasteiger partial charge in [-0.1, -0.05) is 0 Å². The molecule has 18 heavy (non-hydrogen) atoms. The van der Waals surface area contributed by atoms with E-state index in [2.05, 4.69) is 0 Å². The number of hydrogen-bond donors (Lipinski definition) is 0. The molecule has 0 spiro atoms. The Bertz CT molecular complexity index is 355. The Morgan fingerprint density at radius 3 is 2.67 bits per heavy atom. The minimum Gasteiger partial charge on any atom is -0.465 e. The SMILES string of the molecule is CC(OC(=O)C(C)(C)C)C1CC2COC(=O)C1C2. The standard InChI is InChI=1S/C14H22O4/c1-8(18-13(16)14(2,3)4)10-5-9-6-11(10)12(15)17-7-9/h8-11H,5-7H2,1-4H3. The maximum atomic E-state index is 11.9. The van der Waals surface area contributed by atoms with Crippen LogP contribution in [0, 0.1) is 23.2 Å². The molecule has 2 bridgehead atoms. The van der Waals surface area contributed by atoms with Gasteiger partial charge in [-0.2, -0.15) is 0 Å². The van der Waals surface area contributed by atoms with Crippen molar-refractivity contribution in [3.8, 4) is 0 Å². The van der Waals surface area contributed by atoms with E-state index in [1.54, 1.807) is 0 Å². The first-order valence-corrected chi connectivity index (χ1v) is 6.66. The van der Waals surface area contributed by atoms with Crippen LogP contribution in [0.25, 0.3) is 0 Å². The molecule has 0 radical (unpaired) electrons. The second kappa shape index (κ2) is 4.56. The van der Waals surface area contributed by atoms with Gasteiger partial charge in [0.25, 0.3) is 0 Å². The second-order valence-corrected chi connectivity index (χ2v) is 6.60. The fourth-order valence-electron chi connectivity index (χ4n) is 2.85. The summed E-state index contributed by atoms with van der Waals surface area (Å²) in [6.07, 6.45) is 1.60. The highest BCUT2D eigenvalue weighted by atomic mass is 16.5. The number of fused-ring (bicyclic) bond motifs is 2. The van der Waals surface area contributed by atoms with E-state index in [4.69, 9.17) is 9.47 Å². The van der Waals surface area contributed by atoms with E-state index in [0.29, 0.717) is 12.5 Å². The molecule has 2 aliphatic rings. The van der Waals surface area contributed by atoms with Gasteiger partial charge in [-0.05, 0) is 46.5 Å². The minimum atomic E-state index is -0.498. The van der Waals surface area contributed by atoms with E-state index >= 15 is 0 Å². The molecule has 2 fully saturated rings. The maximum absolute atomic E-state index is 11.9. The van der Waals surface area contributed by atoms with E-state index in [1.807, 2.05) is 27.7 Å². The van der Waals surface area contributed by atoms with Crippen LogP contribution in [0.2, 0.25) is 0 Å². The molecule has 2 rings (SSSR count). The van der Waals surface area contributed by atoms with Crippen LogP contribution < -0.4 is 0 Å². The Morgan fingerprint density at radius 2 is 2.06 bits per heavy atom. The zero-order valence-corrected chi connectivity index (χ0v) is 11.6. The van der Waals surface area contributed by atoms with Gasteiger partial charge in [-0.25, -0.2) is 0 Å². The molecule has 0 aromatic carbocycles. The molecule has 1 heterocycles. The van der Waals surface area contributed by atoms with E-state index in [1.165, 1.54) is 0 Å². The van der Waals surface area contributed by atoms with Gasteiger partial charge < -0.3 is 9.47 Å². The first kappa shape index (κ1) is 13.4. The molecule has 4 nitrogen and oxygen atoms in total. The molecule has 0 aromatic heterocycles. The number of rotatable bonds is 2. The van der Waals surface area contributed by atoms with Gasteiger partial charge >= 0.3 is 11.9 Å². The minimum absolute atomic E-state index is 0.0773. The van der Waals surface area contributed by atoms with E-state index in [-0.39, 0.29) is 29.9 Å². The van der Waals surface area contributed by atoms with E-state index in [9.17, 15) is 9.59 Å². The topological polar surface area (TPSA) is 52.6 Å². The van der Waals surface area contributed by atoms with Gasteiger partial charge in [0.15, 0.2) is 0 Å². The van der Waals surface area contributed by atoms with Crippen LogP contribution in [0.3, 0.4) is 0 Å². The quantitative estimate of drug-likeness (QED) is 0.709. The van der Waals surface area contributed by atoms with Gasteiger partial charge in [0.2, 0.25) is 0 Å².